The largest absolute Gasteiger partial charge is 0.368 e. The number of hydrogen-bond acceptors (Lipinski definition) is 3. The van der Waals surface area contributed by atoms with Crippen LogP contribution >= 0.6 is 0 Å². The highest BCUT2D eigenvalue weighted by Crippen LogP contribution is 2.09. The number of rotatable bonds is 2. The van der Waals surface area contributed by atoms with Gasteiger partial charge in [-0.2, -0.15) is 0 Å². The van der Waals surface area contributed by atoms with E-state index in [0.29, 0.717) is 0 Å². The van der Waals surface area contributed by atoms with Gasteiger partial charge in [0.25, 0.3) is 5.91 Å². The van der Waals surface area contributed by atoms with E-state index in [1.54, 1.807) is 6.92 Å². The van der Waals surface area contributed by atoms with Crippen molar-refractivity contribution in [3.05, 3.63) is 0 Å². The first-order chi connectivity index (χ1) is 5.95. The van der Waals surface area contributed by atoms with Crippen LogP contribution in [0, 0.1) is 0 Å². The molecule has 1 rings (SSSR count). The molecule has 0 spiro atoms. The Morgan fingerprint density at radius 1 is 1.62 bits per heavy atom. The molecular formula is C7H11N3O3. The molecule has 0 aromatic heterocycles. The predicted octanol–water partition coefficient (Wildman–Crippen LogP) is -1.20. The Balaban J connectivity index is 2.86. The zero-order valence-electron chi connectivity index (χ0n) is 7.40. The summed E-state index contributed by atoms with van der Waals surface area (Å²) in [6, 6.07) is -2.03. The number of nitrogens with two attached hydrogens (primary N) is 1. The Kier molecular flexibility index (Phi) is 2.22. The number of urea groups is 1. The van der Waals surface area contributed by atoms with Crippen molar-refractivity contribution in [1.82, 2.24) is 10.2 Å². The predicted molar refractivity (Wildman–Crippen MR) is 43.5 cm³/mol. The van der Waals surface area contributed by atoms with Crippen LogP contribution in [-0.2, 0) is 9.59 Å². The maximum absolute atomic E-state index is 11.3. The van der Waals surface area contributed by atoms with Crippen LogP contribution in [0.4, 0.5) is 4.79 Å². The van der Waals surface area contributed by atoms with Gasteiger partial charge in [0.15, 0.2) is 0 Å². The van der Waals surface area contributed by atoms with Gasteiger partial charge in [0.1, 0.15) is 12.1 Å². The summed E-state index contributed by atoms with van der Waals surface area (Å²) in [4.78, 5) is 34.0. The fourth-order valence-electron chi connectivity index (χ4n) is 1.12. The second kappa shape index (κ2) is 3.04. The molecule has 13 heavy (non-hydrogen) atoms. The third-order valence-electron chi connectivity index (χ3n) is 1.97. The maximum Gasteiger partial charge on any atom is 0.325 e. The van der Waals surface area contributed by atoms with Crippen LogP contribution in [0.1, 0.15) is 13.8 Å². The van der Waals surface area contributed by atoms with Gasteiger partial charge in [-0.1, -0.05) is 0 Å². The second-order valence-electron chi connectivity index (χ2n) is 2.96. The zero-order chi connectivity index (χ0) is 10.2. The highest BCUT2D eigenvalue weighted by atomic mass is 16.2. The van der Waals surface area contributed by atoms with Crippen LogP contribution in [0.15, 0.2) is 0 Å². The molecule has 6 heteroatoms. The van der Waals surface area contributed by atoms with Crippen molar-refractivity contribution in [1.29, 1.82) is 0 Å². The molecule has 1 heterocycles. The maximum atomic E-state index is 11.3. The van der Waals surface area contributed by atoms with Crippen molar-refractivity contribution in [2.75, 3.05) is 0 Å². The number of nitrogens with one attached hydrogen (secondary N) is 1. The number of primary amides is 1. The summed E-state index contributed by atoms with van der Waals surface area (Å²) >= 11 is 0. The molecule has 72 valence electrons. The van der Waals surface area contributed by atoms with Crippen molar-refractivity contribution in [2.24, 2.45) is 5.73 Å². The van der Waals surface area contributed by atoms with Gasteiger partial charge in [0.05, 0.1) is 0 Å². The number of carbonyl (C=O) groups excluding carboxylic acids is 3. The van der Waals surface area contributed by atoms with Crippen molar-refractivity contribution < 1.29 is 14.4 Å². The Bertz CT molecular complexity index is 276. The Morgan fingerprint density at radius 3 is 2.46 bits per heavy atom. The van der Waals surface area contributed by atoms with Gasteiger partial charge < -0.3 is 11.1 Å². The normalized spacial score (nSPS) is 24.5. The smallest absolute Gasteiger partial charge is 0.325 e. The van der Waals surface area contributed by atoms with Gasteiger partial charge in [-0.15, -0.1) is 0 Å². The van der Waals surface area contributed by atoms with E-state index >= 15 is 0 Å². The molecule has 0 aromatic rings. The minimum atomic E-state index is -0.891. The van der Waals surface area contributed by atoms with Crippen molar-refractivity contribution >= 4 is 17.8 Å². The fourth-order valence-corrected chi connectivity index (χ4v) is 1.12. The molecule has 0 saturated carbocycles. The van der Waals surface area contributed by atoms with Crippen molar-refractivity contribution in [3.8, 4) is 0 Å². The van der Waals surface area contributed by atoms with E-state index in [2.05, 4.69) is 5.32 Å². The van der Waals surface area contributed by atoms with Crippen LogP contribution in [0.2, 0.25) is 0 Å². The molecule has 4 amide bonds. The van der Waals surface area contributed by atoms with Gasteiger partial charge in [-0.05, 0) is 13.8 Å². The lowest BCUT2D eigenvalue weighted by atomic mass is 10.2. The standard InChI is InChI=1S/C7H11N3O3/c1-3-6(12)10(7(13)9-3)4(2)5(8)11/h3-4H,1-2H3,(H2,8,11)(H,9,13)/t3?,4-/m1/s1. The molecule has 1 saturated heterocycles. The Labute approximate surface area is 75.1 Å². The second-order valence-corrected chi connectivity index (χ2v) is 2.96. The van der Waals surface area contributed by atoms with Gasteiger partial charge in [-0.25, -0.2) is 4.79 Å². The summed E-state index contributed by atoms with van der Waals surface area (Å²) in [5.74, 6) is -1.12. The average Bonchev–Trinajstić information content (AvgIpc) is 2.26. The molecule has 0 radical (unpaired) electrons. The van der Waals surface area contributed by atoms with Gasteiger partial charge in [-0.3, -0.25) is 14.5 Å². The molecule has 0 bridgehead atoms. The molecule has 1 aliphatic heterocycles. The number of imide groups is 1. The van der Waals surface area contributed by atoms with E-state index in [1.165, 1.54) is 6.92 Å². The minimum Gasteiger partial charge on any atom is -0.368 e. The van der Waals surface area contributed by atoms with Crippen molar-refractivity contribution in [2.45, 2.75) is 25.9 Å². The third kappa shape index (κ3) is 1.47. The molecule has 1 fully saturated rings. The Hall–Kier alpha value is -1.59. The highest BCUT2D eigenvalue weighted by molar-refractivity contribution is 6.06. The molecule has 1 aliphatic rings. The Morgan fingerprint density at radius 2 is 2.15 bits per heavy atom. The first-order valence-electron chi connectivity index (χ1n) is 3.88. The molecule has 0 aromatic carbocycles. The van der Waals surface area contributed by atoms with Crippen LogP contribution in [0.25, 0.3) is 0 Å². The van der Waals surface area contributed by atoms with E-state index in [0.717, 1.165) is 4.90 Å². The first kappa shape index (κ1) is 9.50. The quantitative estimate of drug-likeness (QED) is 0.529. The minimum absolute atomic E-state index is 0.420. The van der Waals surface area contributed by atoms with Crippen LogP contribution < -0.4 is 11.1 Å². The summed E-state index contributed by atoms with van der Waals surface area (Å²) in [6.45, 7) is 2.96. The van der Waals surface area contributed by atoms with E-state index in [-0.39, 0.29) is 0 Å². The number of carbonyl (C=O) groups is 3. The van der Waals surface area contributed by atoms with E-state index in [1.807, 2.05) is 0 Å². The average molecular weight is 185 g/mol. The van der Waals surface area contributed by atoms with E-state index < -0.39 is 29.9 Å². The molecule has 0 aliphatic carbocycles. The lowest BCUT2D eigenvalue weighted by Gasteiger charge is -2.17. The lowest BCUT2D eigenvalue weighted by molar-refractivity contribution is -0.133. The summed E-state index contributed by atoms with van der Waals surface area (Å²) in [5, 5.41) is 2.38. The first-order valence-corrected chi connectivity index (χ1v) is 3.88. The molecule has 1 unspecified atom stereocenters. The number of amides is 4. The van der Waals surface area contributed by atoms with Gasteiger partial charge in [0, 0.05) is 0 Å². The third-order valence-corrected chi connectivity index (χ3v) is 1.97. The summed E-state index contributed by atoms with van der Waals surface area (Å²) in [5.41, 5.74) is 4.97. The van der Waals surface area contributed by atoms with E-state index in [4.69, 9.17) is 5.73 Å². The van der Waals surface area contributed by atoms with Crippen LogP contribution in [-0.4, -0.2) is 34.8 Å². The summed E-state index contributed by atoms with van der Waals surface area (Å²) in [6.07, 6.45) is 0. The molecule has 3 N–H and O–H groups in total. The van der Waals surface area contributed by atoms with Crippen LogP contribution in [0.5, 0.6) is 0 Å². The monoisotopic (exact) mass is 185 g/mol. The zero-order valence-corrected chi connectivity index (χ0v) is 7.40. The number of hydrogen-bond donors (Lipinski definition) is 2. The summed E-state index contributed by atoms with van der Waals surface area (Å²) in [7, 11) is 0. The van der Waals surface area contributed by atoms with Crippen LogP contribution in [0.3, 0.4) is 0 Å². The van der Waals surface area contributed by atoms with Gasteiger partial charge in [0.2, 0.25) is 5.91 Å². The number of nitrogens with zero attached hydrogens (tertiary/aromatic N) is 1. The van der Waals surface area contributed by atoms with E-state index in [9.17, 15) is 14.4 Å². The highest BCUT2D eigenvalue weighted by Gasteiger charge is 2.39. The molecule has 6 nitrogen and oxygen atoms in total. The topological polar surface area (TPSA) is 92.5 Å². The SMILES string of the molecule is CC1NC(=O)N([C@H](C)C(N)=O)C1=O. The fraction of sp³-hybridized carbons (Fsp3) is 0.571. The molecule has 2 atom stereocenters. The van der Waals surface area contributed by atoms with Crippen molar-refractivity contribution in [3.63, 3.8) is 0 Å². The van der Waals surface area contributed by atoms with Gasteiger partial charge >= 0.3 is 6.03 Å². The lowest BCUT2D eigenvalue weighted by Crippen LogP contribution is -2.46. The summed E-state index contributed by atoms with van der Waals surface area (Å²) < 4.78 is 0. The molecular weight excluding hydrogens is 174 g/mol.